The van der Waals surface area contributed by atoms with Crippen molar-refractivity contribution in [1.29, 1.82) is 0 Å². The van der Waals surface area contributed by atoms with Crippen LogP contribution in [0.1, 0.15) is 6.92 Å². The Labute approximate surface area is 167 Å². The number of aliphatic hydroxyl groups excluding tert-OH is 2. The van der Waals surface area contributed by atoms with E-state index in [4.69, 9.17) is 42.8 Å². The minimum absolute atomic E-state index is 0.219. The highest BCUT2D eigenvalue weighted by Gasteiger charge is 2.46. The lowest BCUT2D eigenvalue weighted by Gasteiger charge is -2.40. The fourth-order valence-electron chi connectivity index (χ4n) is 2.60. The Morgan fingerprint density at radius 2 is 1.67 bits per heavy atom. The minimum Gasteiger partial charge on any atom is -0.462 e. The van der Waals surface area contributed by atoms with Crippen LogP contribution >= 0.6 is 23.8 Å². The van der Waals surface area contributed by atoms with Crippen LogP contribution < -0.4 is 9.47 Å². The second-order valence-corrected chi connectivity index (χ2v) is 6.78. The average Bonchev–Trinajstić information content (AvgIpc) is 2.66. The van der Waals surface area contributed by atoms with E-state index in [1.165, 1.54) is 0 Å². The van der Waals surface area contributed by atoms with Crippen LogP contribution in [0.2, 0.25) is 5.02 Å². The topological polar surface area (TPSA) is 77.4 Å². The Hall–Kier alpha value is -1.90. The fourth-order valence-corrected chi connectivity index (χ4v) is 2.93. The van der Waals surface area contributed by atoms with Crippen LogP contribution in [0.4, 0.5) is 0 Å². The Bertz CT molecular complexity index is 757. The molecule has 0 amide bonds. The molecule has 0 spiro atoms. The second kappa shape index (κ2) is 8.86. The maximum absolute atomic E-state index is 10.6. The Morgan fingerprint density at radius 1 is 1.00 bits per heavy atom. The van der Waals surface area contributed by atoms with Gasteiger partial charge < -0.3 is 29.2 Å². The van der Waals surface area contributed by atoms with Crippen LogP contribution in [0.5, 0.6) is 11.5 Å². The predicted molar refractivity (Wildman–Crippen MR) is 103 cm³/mol. The summed E-state index contributed by atoms with van der Waals surface area (Å²) in [5, 5.41) is 21.3. The molecule has 2 aromatic rings. The monoisotopic (exact) mass is 410 g/mol. The van der Waals surface area contributed by atoms with E-state index < -0.39 is 30.7 Å². The second-order valence-electron chi connectivity index (χ2n) is 6.01. The lowest BCUT2D eigenvalue weighted by molar-refractivity contribution is -0.266. The number of halogens is 1. The first-order valence-electron chi connectivity index (χ1n) is 8.31. The first kappa shape index (κ1) is 19.9. The number of para-hydroxylation sites is 1. The largest absolute Gasteiger partial charge is 0.462 e. The molecule has 1 aliphatic rings. The van der Waals surface area contributed by atoms with E-state index in [1.54, 1.807) is 55.5 Å². The van der Waals surface area contributed by atoms with Gasteiger partial charge in [-0.3, -0.25) is 0 Å². The molecule has 1 heterocycles. The van der Waals surface area contributed by atoms with E-state index >= 15 is 0 Å². The average molecular weight is 411 g/mol. The lowest BCUT2D eigenvalue weighted by Crippen LogP contribution is -2.59. The zero-order valence-corrected chi connectivity index (χ0v) is 16.0. The molecule has 1 fully saturated rings. The Balaban J connectivity index is 1.67. The standard InChI is InChI=1S/C19H19ClO6S/c1-11-15(21)17(26-19(27)25-13-5-3-2-4-6-13)16(22)18(23-11)24-14-9-7-12(20)8-10-14/h2-11,15-18,21-22H,1H3/t11-,15+,16-,17+,18-/m0/s1. The van der Waals surface area contributed by atoms with Gasteiger partial charge in [-0.05, 0) is 43.3 Å². The predicted octanol–water partition coefficient (Wildman–Crippen LogP) is 2.93. The highest BCUT2D eigenvalue weighted by atomic mass is 35.5. The number of ether oxygens (including phenoxy) is 4. The molecule has 2 N–H and O–H groups in total. The number of hydrogen-bond donors (Lipinski definition) is 2. The van der Waals surface area contributed by atoms with Gasteiger partial charge in [0.05, 0.1) is 6.10 Å². The first-order valence-corrected chi connectivity index (χ1v) is 9.10. The molecular formula is C19H19ClO6S. The van der Waals surface area contributed by atoms with Crippen molar-refractivity contribution in [2.24, 2.45) is 0 Å². The van der Waals surface area contributed by atoms with Crippen LogP contribution in [0.25, 0.3) is 0 Å². The van der Waals surface area contributed by atoms with E-state index in [0.717, 1.165) is 0 Å². The fraction of sp³-hybridized carbons (Fsp3) is 0.316. The number of benzene rings is 2. The van der Waals surface area contributed by atoms with Gasteiger partial charge in [-0.2, -0.15) is 0 Å². The van der Waals surface area contributed by atoms with Crippen molar-refractivity contribution in [3.8, 4) is 11.5 Å². The van der Waals surface area contributed by atoms with Crippen molar-refractivity contribution in [2.75, 3.05) is 0 Å². The van der Waals surface area contributed by atoms with Gasteiger partial charge >= 0.3 is 5.24 Å². The summed E-state index contributed by atoms with van der Waals surface area (Å²) in [5.74, 6) is 0.939. The molecule has 0 aliphatic carbocycles. The number of rotatable bonds is 4. The zero-order valence-electron chi connectivity index (χ0n) is 14.4. The summed E-state index contributed by atoms with van der Waals surface area (Å²) in [5.41, 5.74) is 0. The molecule has 2 aromatic carbocycles. The summed E-state index contributed by atoms with van der Waals surface area (Å²) in [7, 11) is 0. The zero-order chi connectivity index (χ0) is 19.4. The molecular weight excluding hydrogens is 392 g/mol. The van der Waals surface area contributed by atoms with E-state index in [2.05, 4.69) is 0 Å². The molecule has 0 bridgehead atoms. The van der Waals surface area contributed by atoms with Gasteiger partial charge in [0.25, 0.3) is 0 Å². The molecule has 3 rings (SSSR count). The van der Waals surface area contributed by atoms with Crippen molar-refractivity contribution in [1.82, 2.24) is 0 Å². The van der Waals surface area contributed by atoms with Gasteiger partial charge in [0.15, 0.2) is 12.2 Å². The van der Waals surface area contributed by atoms with E-state index in [0.29, 0.717) is 16.5 Å². The highest BCUT2D eigenvalue weighted by molar-refractivity contribution is 7.79. The molecule has 0 radical (unpaired) electrons. The van der Waals surface area contributed by atoms with Crippen molar-refractivity contribution < 1.29 is 29.2 Å². The number of thiocarbonyl (C=S) groups is 1. The SMILES string of the molecule is C[C@@H]1O[C@@H](Oc2ccc(Cl)cc2)[C@@H](O)[C@H](OC(=S)Oc2ccccc2)[C@@H]1O. The molecule has 0 unspecified atom stereocenters. The molecule has 1 saturated heterocycles. The summed E-state index contributed by atoms with van der Waals surface area (Å²) in [4.78, 5) is 0. The molecule has 0 aromatic heterocycles. The molecule has 1 aliphatic heterocycles. The highest BCUT2D eigenvalue weighted by Crippen LogP contribution is 2.27. The van der Waals surface area contributed by atoms with Crippen molar-refractivity contribution >= 4 is 29.1 Å². The molecule has 27 heavy (non-hydrogen) atoms. The summed E-state index contributed by atoms with van der Waals surface area (Å²) < 4.78 is 22.1. The molecule has 8 heteroatoms. The van der Waals surface area contributed by atoms with Gasteiger partial charge in [0.1, 0.15) is 17.6 Å². The first-order chi connectivity index (χ1) is 12.9. The minimum atomic E-state index is -1.30. The third kappa shape index (κ3) is 5.09. The maximum Gasteiger partial charge on any atom is 0.358 e. The van der Waals surface area contributed by atoms with Gasteiger partial charge in [0.2, 0.25) is 6.29 Å². The van der Waals surface area contributed by atoms with Crippen molar-refractivity contribution in [3.63, 3.8) is 0 Å². The number of hydrogen-bond acceptors (Lipinski definition) is 7. The quantitative estimate of drug-likeness (QED) is 0.750. The van der Waals surface area contributed by atoms with Gasteiger partial charge in [0, 0.05) is 17.2 Å². The summed E-state index contributed by atoms with van der Waals surface area (Å²) in [6.45, 7) is 1.65. The Morgan fingerprint density at radius 3 is 2.33 bits per heavy atom. The van der Waals surface area contributed by atoms with Crippen molar-refractivity contribution in [2.45, 2.75) is 37.6 Å². The van der Waals surface area contributed by atoms with Gasteiger partial charge in [-0.25, -0.2) is 0 Å². The Kier molecular flexibility index (Phi) is 6.51. The van der Waals surface area contributed by atoms with Crippen LogP contribution in [0, 0.1) is 0 Å². The van der Waals surface area contributed by atoms with E-state index in [1.807, 2.05) is 6.07 Å². The van der Waals surface area contributed by atoms with Crippen LogP contribution in [-0.2, 0) is 9.47 Å². The third-order valence-electron chi connectivity index (χ3n) is 4.02. The summed E-state index contributed by atoms with van der Waals surface area (Å²) in [6.07, 6.45) is -5.22. The van der Waals surface area contributed by atoms with E-state index in [9.17, 15) is 10.2 Å². The van der Waals surface area contributed by atoms with Crippen LogP contribution in [0.15, 0.2) is 54.6 Å². The third-order valence-corrected chi connectivity index (χ3v) is 4.46. The number of aliphatic hydroxyl groups is 2. The molecule has 0 saturated carbocycles. The molecule has 5 atom stereocenters. The van der Waals surface area contributed by atoms with Crippen molar-refractivity contribution in [3.05, 3.63) is 59.6 Å². The maximum atomic E-state index is 10.6. The smallest absolute Gasteiger partial charge is 0.358 e. The van der Waals surface area contributed by atoms with Crippen LogP contribution in [-0.4, -0.2) is 46.2 Å². The summed E-state index contributed by atoms with van der Waals surface area (Å²) in [6, 6.07) is 15.4. The van der Waals surface area contributed by atoms with Gasteiger partial charge in [-0.15, -0.1) is 0 Å². The normalized spacial score (nSPS) is 27.6. The van der Waals surface area contributed by atoms with Crippen LogP contribution in [0.3, 0.4) is 0 Å². The lowest BCUT2D eigenvalue weighted by atomic mass is 10.00. The van der Waals surface area contributed by atoms with Gasteiger partial charge in [-0.1, -0.05) is 29.8 Å². The van der Waals surface area contributed by atoms with E-state index in [-0.39, 0.29) is 5.24 Å². The summed E-state index contributed by atoms with van der Waals surface area (Å²) >= 11 is 10.9. The molecule has 144 valence electrons. The molecule has 6 nitrogen and oxygen atoms in total.